The van der Waals surface area contributed by atoms with Crippen LogP contribution in [0.1, 0.15) is 6.42 Å². The number of thiol groups is 2. The summed E-state index contributed by atoms with van der Waals surface area (Å²) in [6.45, 7) is 2.30. The van der Waals surface area contributed by atoms with Crippen molar-refractivity contribution in [2.45, 2.75) is 6.42 Å². The van der Waals surface area contributed by atoms with Crippen molar-refractivity contribution in [2.75, 3.05) is 24.6 Å². The number of hydrogen-bond donors (Lipinski definition) is 3. The molecule has 1 heterocycles. The zero-order valence-electron chi connectivity index (χ0n) is 6.08. The van der Waals surface area contributed by atoms with Gasteiger partial charge in [-0.25, -0.2) is 0 Å². The smallest absolute Gasteiger partial charge is 0.000975 e. The molecule has 2 atom stereocenters. The molecule has 0 aromatic heterocycles. The summed E-state index contributed by atoms with van der Waals surface area (Å²) in [5.74, 6) is 3.56. The highest BCUT2D eigenvalue weighted by molar-refractivity contribution is 7.80. The Morgan fingerprint density at radius 1 is 1.20 bits per heavy atom. The SMILES string of the molecule is SCC1CCNCC1CS. The minimum atomic E-state index is 0.745. The van der Waals surface area contributed by atoms with Crippen LogP contribution < -0.4 is 5.32 Å². The second-order valence-electron chi connectivity index (χ2n) is 2.88. The van der Waals surface area contributed by atoms with Gasteiger partial charge in [0.15, 0.2) is 0 Å². The Morgan fingerprint density at radius 3 is 2.40 bits per heavy atom. The molecule has 1 aliphatic rings. The first kappa shape index (κ1) is 8.75. The van der Waals surface area contributed by atoms with Gasteiger partial charge in [0.05, 0.1) is 0 Å². The molecule has 0 bridgehead atoms. The van der Waals surface area contributed by atoms with Gasteiger partial charge in [0.1, 0.15) is 0 Å². The first-order valence-electron chi connectivity index (χ1n) is 3.81. The Kier molecular flexibility index (Phi) is 3.96. The Morgan fingerprint density at radius 2 is 1.90 bits per heavy atom. The van der Waals surface area contributed by atoms with E-state index >= 15 is 0 Å². The number of piperidine rings is 1. The standard InChI is InChI=1S/C7H15NS2/c9-4-6-1-2-8-3-7(6)5-10/h6-10H,1-5H2. The van der Waals surface area contributed by atoms with E-state index in [4.69, 9.17) is 0 Å². The quantitative estimate of drug-likeness (QED) is 0.536. The number of rotatable bonds is 2. The molecule has 1 aliphatic heterocycles. The number of nitrogens with one attached hydrogen (secondary N) is 1. The van der Waals surface area contributed by atoms with Gasteiger partial charge in [-0.05, 0) is 42.9 Å². The molecule has 60 valence electrons. The molecule has 1 fully saturated rings. The summed E-state index contributed by atoms with van der Waals surface area (Å²) in [5, 5.41) is 3.37. The van der Waals surface area contributed by atoms with Gasteiger partial charge in [0, 0.05) is 0 Å². The van der Waals surface area contributed by atoms with Crippen LogP contribution in [0.2, 0.25) is 0 Å². The first-order chi connectivity index (χ1) is 4.88. The van der Waals surface area contributed by atoms with Crippen molar-refractivity contribution in [3.05, 3.63) is 0 Å². The zero-order valence-corrected chi connectivity index (χ0v) is 7.87. The van der Waals surface area contributed by atoms with Gasteiger partial charge in [-0.15, -0.1) is 0 Å². The van der Waals surface area contributed by atoms with E-state index in [-0.39, 0.29) is 0 Å². The zero-order chi connectivity index (χ0) is 7.40. The van der Waals surface area contributed by atoms with Crippen LogP contribution in [0.5, 0.6) is 0 Å². The van der Waals surface area contributed by atoms with Gasteiger partial charge >= 0.3 is 0 Å². The maximum atomic E-state index is 4.32. The second kappa shape index (κ2) is 4.52. The van der Waals surface area contributed by atoms with Crippen molar-refractivity contribution in [1.82, 2.24) is 5.32 Å². The van der Waals surface area contributed by atoms with Crippen LogP contribution >= 0.6 is 25.3 Å². The Bertz CT molecular complexity index is 85.6. The summed E-state index contributed by atoms with van der Waals surface area (Å²) in [7, 11) is 0. The average Bonchev–Trinajstić information content (AvgIpc) is 2.04. The first-order valence-corrected chi connectivity index (χ1v) is 5.07. The fourth-order valence-electron chi connectivity index (χ4n) is 1.43. The van der Waals surface area contributed by atoms with E-state index in [1.54, 1.807) is 0 Å². The molecule has 0 aliphatic carbocycles. The summed E-state index contributed by atoms with van der Waals surface area (Å²) in [6, 6.07) is 0. The largest absolute Gasteiger partial charge is 0.316 e. The third-order valence-corrected chi connectivity index (χ3v) is 3.17. The van der Waals surface area contributed by atoms with E-state index in [1.807, 2.05) is 0 Å². The minimum Gasteiger partial charge on any atom is -0.316 e. The highest BCUT2D eigenvalue weighted by atomic mass is 32.1. The molecule has 1 rings (SSSR count). The number of hydrogen-bond acceptors (Lipinski definition) is 3. The highest BCUT2D eigenvalue weighted by Gasteiger charge is 2.21. The Labute approximate surface area is 73.8 Å². The lowest BCUT2D eigenvalue weighted by molar-refractivity contribution is 0.306. The lowest BCUT2D eigenvalue weighted by atomic mass is 9.89. The van der Waals surface area contributed by atoms with Crippen LogP contribution in [0.4, 0.5) is 0 Å². The fourth-order valence-corrected chi connectivity index (χ4v) is 2.34. The van der Waals surface area contributed by atoms with Crippen molar-refractivity contribution < 1.29 is 0 Å². The van der Waals surface area contributed by atoms with Crippen LogP contribution in [0.25, 0.3) is 0 Å². The highest BCUT2D eigenvalue weighted by Crippen LogP contribution is 2.20. The van der Waals surface area contributed by atoms with Crippen LogP contribution in [0.15, 0.2) is 0 Å². The molecule has 0 saturated carbocycles. The summed E-state index contributed by atoms with van der Waals surface area (Å²) in [6.07, 6.45) is 1.27. The third-order valence-electron chi connectivity index (χ3n) is 2.23. The molecular weight excluding hydrogens is 162 g/mol. The van der Waals surface area contributed by atoms with Gasteiger partial charge in [-0.3, -0.25) is 0 Å². The van der Waals surface area contributed by atoms with E-state index in [0.29, 0.717) is 0 Å². The summed E-state index contributed by atoms with van der Waals surface area (Å²) < 4.78 is 0. The molecule has 1 nitrogen and oxygen atoms in total. The summed E-state index contributed by atoms with van der Waals surface area (Å²) >= 11 is 8.62. The third kappa shape index (κ3) is 2.07. The molecule has 0 amide bonds. The minimum absolute atomic E-state index is 0.745. The lowest BCUT2D eigenvalue weighted by Crippen LogP contribution is -2.38. The predicted octanol–water partition coefficient (Wildman–Crippen LogP) is 1.07. The Balaban J connectivity index is 2.34. The average molecular weight is 177 g/mol. The lowest BCUT2D eigenvalue weighted by Gasteiger charge is -2.29. The maximum absolute atomic E-state index is 4.32. The fraction of sp³-hybridized carbons (Fsp3) is 1.00. The van der Waals surface area contributed by atoms with Gasteiger partial charge in [0.25, 0.3) is 0 Å². The molecular formula is C7H15NS2. The van der Waals surface area contributed by atoms with E-state index in [9.17, 15) is 0 Å². The topological polar surface area (TPSA) is 12.0 Å². The van der Waals surface area contributed by atoms with E-state index in [1.165, 1.54) is 6.42 Å². The van der Waals surface area contributed by atoms with Gasteiger partial charge in [0.2, 0.25) is 0 Å². The van der Waals surface area contributed by atoms with Crippen LogP contribution in [0.3, 0.4) is 0 Å². The molecule has 3 heteroatoms. The normalized spacial score (nSPS) is 34.2. The van der Waals surface area contributed by atoms with Crippen molar-refractivity contribution in [2.24, 2.45) is 11.8 Å². The van der Waals surface area contributed by atoms with E-state index in [0.717, 1.165) is 36.4 Å². The molecule has 0 radical (unpaired) electrons. The maximum Gasteiger partial charge on any atom is -0.000975 e. The van der Waals surface area contributed by atoms with Crippen molar-refractivity contribution in [3.63, 3.8) is 0 Å². The monoisotopic (exact) mass is 177 g/mol. The van der Waals surface area contributed by atoms with E-state index in [2.05, 4.69) is 30.6 Å². The Hall–Kier alpha value is 0.660. The van der Waals surface area contributed by atoms with Crippen LogP contribution in [-0.2, 0) is 0 Å². The van der Waals surface area contributed by atoms with Crippen molar-refractivity contribution >= 4 is 25.3 Å². The molecule has 1 saturated heterocycles. The van der Waals surface area contributed by atoms with Crippen molar-refractivity contribution in [1.29, 1.82) is 0 Å². The van der Waals surface area contributed by atoms with Crippen LogP contribution in [0, 0.1) is 11.8 Å². The summed E-state index contributed by atoms with van der Waals surface area (Å²) in [4.78, 5) is 0. The van der Waals surface area contributed by atoms with Crippen molar-refractivity contribution in [3.8, 4) is 0 Å². The van der Waals surface area contributed by atoms with Gasteiger partial charge in [-0.2, -0.15) is 25.3 Å². The van der Waals surface area contributed by atoms with Gasteiger partial charge in [-0.1, -0.05) is 0 Å². The van der Waals surface area contributed by atoms with Crippen LogP contribution in [-0.4, -0.2) is 24.6 Å². The molecule has 0 aromatic carbocycles. The van der Waals surface area contributed by atoms with E-state index < -0.39 is 0 Å². The summed E-state index contributed by atoms with van der Waals surface area (Å²) in [5.41, 5.74) is 0. The van der Waals surface area contributed by atoms with Gasteiger partial charge < -0.3 is 5.32 Å². The molecule has 0 aromatic rings. The second-order valence-corrected chi connectivity index (χ2v) is 3.61. The molecule has 10 heavy (non-hydrogen) atoms. The molecule has 0 spiro atoms. The molecule has 2 unspecified atom stereocenters. The predicted molar refractivity (Wildman–Crippen MR) is 52.2 cm³/mol. The molecule has 1 N–H and O–H groups in total.